The molecular weight excluding hydrogens is 378 g/mol. The number of rotatable bonds is 6. The van der Waals surface area contributed by atoms with E-state index in [1.165, 1.54) is 0 Å². The molecule has 1 atom stereocenters. The Balaban J connectivity index is 2.02. The van der Waals surface area contributed by atoms with Crippen LogP contribution < -0.4 is 0 Å². The Morgan fingerprint density at radius 2 is 2.29 bits per heavy atom. The number of fused-ring (bicyclic) bond motifs is 1. The Morgan fingerprint density at radius 1 is 1.50 bits per heavy atom. The maximum absolute atomic E-state index is 12.0. The molecule has 0 radical (unpaired) electrons. The molecule has 10 heteroatoms. The first-order valence-corrected chi connectivity index (χ1v) is 9.11. The van der Waals surface area contributed by atoms with Crippen molar-refractivity contribution in [1.29, 1.82) is 5.26 Å². The van der Waals surface area contributed by atoms with E-state index in [1.54, 1.807) is 30.5 Å². The average Bonchev–Trinajstić information content (AvgIpc) is 3.23. The summed E-state index contributed by atoms with van der Waals surface area (Å²) in [5.41, 5.74) is 2.20. The van der Waals surface area contributed by atoms with Crippen molar-refractivity contribution in [2.75, 3.05) is 6.61 Å². The highest BCUT2D eigenvalue weighted by Gasteiger charge is 2.22. The summed E-state index contributed by atoms with van der Waals surface area (Å²) in [4.78, 5) is 19.9. The van der Waals surface area contributed by atoms with Gasteiger partial charge in [-0.3, -0.25) is 4.79 Å². The zero-order valence-electron chi connectivity index (χ0n) is 15.2. The Hall–Kier alpha value is -3.63. The van der Waals surface area contributed by atoms with Crippen LogP contribution in [-0.4, -0.2) is 26.5 Å². The fraction of sp³-hybridized carbons (Fsp3) is 0.278. The van der Waals surface area contributed by atoms with Crippen LogP contribution in [0.2, 0.25) is 0 Å². The van der Waals surface area contributed by atoms with E-state index >= 15 is 0 Å². The Kier molecular flexibility index (Phi) is 5.72. The van der Waals surface area contributed by atoms with Gasteiger partial charge in [-0.1, -0.05) is 12.1 Å². The number of nitriles is 1. The molecule has 0 saturated carbocycles. The first kappa shape index (κ1) is 19.1. The average molecular weight is 393 g/mol. The summed E-state index contributed by atoms with van der Waals surface area (Å²) in [6, 6.07) is 8.23. The summed E-state index contributed by atoms with van der Waals surface area (Å²) in [5, 5.41) is 18.1. The van der Waals surface area contributed by atoms with Crippen LogP contribution in [0, 0.1) is 24.8 Å². The summed E-state index contributed by atoms with van der Waals surface area (Å²) in [6.45, 7) is 10.8. The van der Waals surface area contributed by atoms with Gasteiger partial charge in [0.25, 0.3) is 0 Å². The third-order valence-corrected chi connectivity index (χ3v) is 4.65. The lowest BCUT2D eigenvalue weighted by molar-refractivity contribution is -0.143. The Morgan fingerprint density at radius 3 is 3.00 bits per heavy atom. The van der Waals surface area contributed by atoms with Crippen molar-refractivity contribution in [3.63, 3.8) is 0 Å². The molecule has 140 valence electrons. The first-order chi connectivity index (χ1) is 13.6. The number of benzene rings is 1. The molecule has 0 N–H and O–H groups in total. The van der Waals surface area contributed by atoms with E-state index < -0.39 is 12.0 Å². The van der Waals surface area contributed by atoms with E-state index in [1.807, 2.05) is 12.1 Å². The van der Waals surface area contributed by atoms with Crippen molar-refractivity contribution in [2.45, 2.75) is 26.4 Å². The summed E-state index contributed by atoms with van der Waals surface area (Å²) < 4.78 is 10.7. The molecule has 2 heterocycles. The number of hydrogen-bond donors (Lipinski definition) is 0. The summed E-state index contributed by atoms with van der Waals surface area (Å²) in [7, 11) is 0. The molecule has 28 heavy (non-hydrogen) atoms. The maximum atomic E-state index is 12.0. The van der Waals surface area contributed by atoms with Crippen molar-refractivity contribution in [3.8, 4) is 6.07 Å². The number of aromatic nitrogens is 3. The molecule has 0 aliphatic carbocycles. The molecule has 3 rings (SSSR count). The smallest absolute Gasteiger partial charge is 0.326 e. The lowest BCUT2D eigenvalue weighted by atomic mass is 10.3. The van der Waals surface area contributed by atoms with Gasteiger partial charge in [0, 0.05) is 0 Å². The monoisotopic (exact) mass is 393 g/mol. The predicted octanol–water partition coefficient (Wildman–Crippen LogP) is 4.26. The van der Waals surface area contributed by atoms with Gasteiger partial charge in [-0.15, -0.1) is 0 Å². The van der Waals surface area contributed by atoms with Crippen LogP contribution in [-0.2, 0) is 16.1 Å². The molecule has 0 amide bonds. The van der Waals surface area contributed by atoms with Gasteiger partial charge >= 0.3 is 5.97 Å². The molecule has 1 aromatic carbocycles. The third kappa shape index (κ3) is 3.72. The second kappa shape index (κ2) is 8.37. The highest BCUT2D eigenvalue weighted by Crippen LogP contribution is 2.36. The SMILES string of the molecule is [C-]#[N+]c1c(C)nsc1N=NC(C#N)c1nc2ccccc2n1CC(=O)OCC. The zero-order valence-corrected chi connectivity index (χ0v) is 16.0. The molecule has 3 aromatic rings. The lowest BCUT2D eigenvalue weighted by Crippen LogP contribution is -2.16. The van der Waals surface area contributed by atoms with Gasteiger partial charge in [-0.05, 0) is 37.5 Å². The van der Waals surface area contributed by atoms with Crippen LogP contribution in [0.3, 0.4) is 0 Å². The van der Waals surface area contributed by atoms with Gasteiger partial charge in [0.1, 0.15) is 6.54 Å². The number of aryl methyl sites for hydroxylation is 1. The Labute approximate surface area is 164 Å². The number of imidazole rings is 1. The fourth-order valence-corrected chi connectivity index (χ4v) is 3.27. The van der Waals surface area contributed by atoms with E-state index in [9.17, 15) is 10.1 Å². The molecular formula is C18H15N7O2S. The molecule has 1 unspecified atom stereocenters. The minimum Gasteiger partial charge on any atom is -0.465 e. The molecule has 0 aliphatic rings. The number of carbonyl (C=O) groups excluding carboxylic acids is 1. The number of para-hydroxylation sites is 2. The number of nitrogens with zero attached hydrogens (tertiary/aromatic N) is 7. The molecule has 9 nitrogen and oxygen atoms in total. The number of hydrogen-bond acceptors (Lipinski definition) is 8. The number of esters is 1. The molecule has 0 fully saturated rings. The van der Waals surface area contributed by atoms with Crippen molar-refractivity contribution in [2.24, 2.45) is 10.2 Å². The van der Waals surface area contributed by atoms with Gasteiger partial charge in [-0.2, -0.15) is 15.5 Å². The highest BCUT2D eigenvalue weighted by molar-refractivity contribution is 7.10. The number of azo groups is 1. The van der Waals surface area contributed by atoms with Gasteiger partial charge in [0.2, 0.25) is 11.7 Å². The topological polar surface area (TPSA) is 110 Å². The van der Waals surface area contributed by atoms with Crippen molar-refractivity contribution >= 4 is 39.2 Å². The normalized spacial score (nSPS) is 12.0. The van der Waals surface area contributed by atoms with Gasteiger partial charge < -0.3 is 9.30 Å². The summed E-state index contributed by atoms with van der Waals surface area (Å²) >= 11 is 1.04. The van der Waals surface area contributed by atoms with Crippen LogP contribution in [0.5, 0.6) is 0 Å². The van der Waals surface area contributed by atoms with Gasteiger partial charge in [0.05, 0.1) is 36.0 Å². The van der Waals surface area contributed by atoms with E-state index in [4.69, 9.17) is 11.3 Å². The summed E-state index contributed by atoms with van der Waals surface area (Å²) in [5.74, 6) is -0.153. The van der Waals surface area contributed by atoms with Crippen LogP contribution in [0.25, 0.3) is 15.9 Å². The minimum absolute atomic E-state index is 0.0929. The fourth-order valence-electron chi connectivity index (χ4n) is 2.60. The first-order valence-electron chi connectivity index (χ1n) is 8.34. The number of ether oxygens (including phenoxy) is 1. The van der Waals surface area contributed by atoms with Gasteiger partial charge in [0.15, 0.2) is 10.8 Å². The van der Waals surface area contributed by atoms with Crippen LogP contribution in [0.1, 0.15) is 24.5 Å². The quantitative estimate of drug-likeness (QED) is 0.353. The maximum Gasteiger partial charge on any atom is 0.326 e. The zero-order chi connectivity index (χ0) is 20.1. The van der Waals surface area contributed by atoms with E-state index in [0.717, 1.165) is 11.5 Å². The van der Waals surface area contributed by atoms with Gasteiger partial charge in [-0.25, -0.2) is 14.2 Å². The third-order valence-electron chi connectivity index (χ3n) is 3.83. The molecule has 0 bridgehead atoms. The standard InChI is InChI=1S/C18H15N7O2S/c1-4-27-15(26)10-25-14-8-6-5-7-12(14)21-17(25)13(9-19)22-23-18-16(20-3)11(2)24-28-18/h5-8,13H,4,10H2,1-2H3. The Bertz CT molecular complexity index is 1130. The van der Waals surface area contributed by atoms with E-state index in [0.29, 0.717) is 27.4 Å². The van der Waals surface area contributed by atoms with Crippen LogP contribution in [0.15, 0.2) is 34.5 Å². The summed E-state index contributed by atoms with van der Waals surface area (Å²) in [6.07, 6.45) is 0. The molecule has 0 saturated heterocycles. The predicted molar refractivity (Wildman–Crippen MR) is 102 cm³/mol. The van der Waals surface area contributed by atoms with Crippen LogP contribution in [0.4, 0.5) is 10.7 Å². The largest absolute Gasteiger partial charge is 0.465 e. The highest BCUT2D eigenvalue weighted by atomic mass is 32.1. The number of carbonyl (C=O) groups is 1. The molecule has 0 aliphatic heterocycles. The van der Waals surface area contributed by atoms with E-state index in [-0.39, 0.29) is 19.0 Å². The van der Waals surface area contributed by atoms with E-state index in [2.05, 4.69) is 30.5 Å². The second-order valence-electron chi connectivity index (χ2n) is 5.63. The van der Waals surface area contributed by atoms with Crippen molar-refractivity contribution < 1.29 is 9.53 Å². The minimum atomic E-state index is -1.05. The molecule has 0 spiro atoms. The van der Waals surface area contributed by atoms with Crippen molar-refractivity contribution in [1.82, 2.24) is 13.9 Å². The molecule has 2 aromatic heterocycles. The second-order valence-corrected chi connectivity index (χ2v) is 6.38. The lowest BCUT2D eigenvalue weighted by Gasteiger charge is -2.09. The van der Waals surface area contributed by atoms with Crippen molar-refractivity contribution in [3.05, 3.63) is 47.2 Å². The van der Waals surface area contributed by atoms with Crippen LogP contribution >= 0.6 is 11.5 Å².